The summed E-state index contributed by atoms with van der Waals surface area (Å²) >= 11 is 0. The van der Waals surface area contributed by atoms with Gasteiger partial charge in [0, 0.05) is 25.8 Å². The fraction of sp³-hybridized carbons (Fsp3) is 0.917. The average molecular weight is 241 g/mol. The first-order valence-electron chi connectivity index (χ1n) is 6.61. The maximum absolute atomic E-state index is 11.9. The van der Waals surface area contributed by atoms with E-state index in [-0.39, 0.29) is 11.6 Å². The van der Waals surface area contributed by atoms with Gasteiger partial charge in [0.2, 0.25) is 0 Å². The van der Waals surface area contributed by atoms with E-state index < -0.39 is 0 Å². The molecule has 1 aliphatic heterocycles. The van der Waals surface area contributed by atoms with Crippen molar-refractivity contribution in [2.75, 3.05) is 19.8 Å². The van der Waals surface area contributed by atoms with Crippen molar-refractivity contribution in [2.45, 2.75) is 50.1 Å². The van der Waals surface area contributed by atoms with E-state index in [4.69, 9.17) is 10.5 Å². The van der Waals surface area contributed by atoms with Crippen LogP contribution in [0.2, 0.25) is 0 Å². The Morgan fingerprint density at radius 1 is 1.29 bits per heavy atom. The molecule has 0 aromatic heterocycles. The van der Waals surface area contributed by atoms with Gasteiger partial charge in [-0.15, -0.1) is 0 Å². The number of carbonyl (C=O) groups is 1. The average Bonchev–Trinajstić information content (AvgIpc) is 2.83. The van der Waals surface area contributed by atoms with Gasteiger partial charge in [-0.25, -0.2) is 4.79 Å². The highest BCUT2D eigenvalue weighted by atomic mass is 16.5. The molecule has 0 aromatic rings. The highest BCUT2D eigenvalue weighted by molar-refractivity contribution is 5.75. The lowest BCUT2D eigenvalue weighted by Crippen LogP contribution is -2.59. The lowest BCUT2D eigenvalue weighted by Gasteiger charge is -2.37. The van der Waals surface area contributed by atoms with Gasteiger partial charge in [-0.3, -0.25) is 0 Å². The quantitative estimate of drug-likeness (QED) is 0.682. The van der Waals surface area contributed by atoms with Gasteiger partial charge in [0.1, 0.15) is 0 Å². The Kier molecular flexibility index (Phi) is 4.23. The summed E-state index contributed by atoms with van der Waals surface area (Å²) in [4.78, 5) is 11.9. The summed E-state index contributed by atoms with van der Waals surface area (Å²) in [5.74, 6) is 0. The molecule has 5 nitrogen and oxygen atoms in total. The van der Waals surface area contributed by atoms with Gasteiger partial charge in [-0.1, -0.05) is 12.8 Å². The lowest BCUT2D eigenvalue weighted by molar-refractivity contribution is 0.0453. The Morgan fingerprint density at radius 3 is 2.53 bits per heavy atom. The first kappa shape index (κ1) is 12.6. The first-order valence-corrected chi connectivity index (χ1v) is 6.61. The zero-order valence-electron chi connectivity index (χ0n) is 10.3. The summed E-state index contributed by atoms with van der Waals surface area (Å²) in [7, 11) is 0. The second-order valence-corrected chi connectivity index (χ2v) is 5.18. The van der Waals surface area contributed by atoms with Gasteiger partial charge in [0.25, 0.3) is 0 Å². The molecule has 0 atom stereocenters. The van der Waals surface area contributed by atoms with Crippen LogP contribution >= 0.6 is 0 Å². The van der Waals surface area contributed by atoms with E-state index in [0.717, 1.165) is 25.7 Å². The molecule has 1 heterocycles. The number of nitrogens with one attached hydrogen (secondary N) is 2. The van der Waals surface area contributed by atoms with Crippen LogP contribution in [0.4, 0.5) is 4.79 Å². The molecule has 2 rings (SSSR count). The molecule has 0 aromatic carbocycles. The van der Waals surface area contributed by atoms with Gasteiger partial charge in [-0.2, -0.15) is 0 Å². The number of urea groups is 1. The van der Waals surface area contributed by atoms with Gasteiger partial charge in [-0.05, 0) is 25.7 Å². The van der Waals surface area contributed by atoms with E-state index in [1.54, 1.807) is 0 Å². The molecule has 1 aliphatic carbocycles. The predicted octanol–water partition coefficient (Wildman–Crippen LogP) is 0.736. The molecule has 2 aliphatic rings. The highest BCUT2D eigenvalue weighted by Crippen LogP contribution is 2.20. The SMILES string of the molecule is NCC1(NC(=O)NC2CCCC2)CCOCC1. The fourth-order valence-corrected chi connectivity index (χ4v) is 2.67. The summed E-state index contributed by atoms with van der Waals surface area (Å²) in [6.45, 7) is 1.84. The third-order valence-electron chi connectivity index (χ3n) is 3.91. The van der Waals surface area contributed by atoms with Crippen LogP contribution < -0.4 is 16.4 Å². The van der Waals surface area contributed by atoms with Crippen LogP contribution in [0.15, 0.2) is 0 Å². The van der Waals surface area contributed by atoms with Crippen molar-refractivity contribution in [1.29, 1.82) is 0 Å². The Bertz CT molecular complexity index is 258. The van der Waals surface area contributed by atoms with Crippen molar-refractivity contribution in [2.24, 2.45) is 5.73 Å². The Hall–Kier alpha value is -0.810. The summed E-state index contributed by atoms with van der Waals surface area (Å²) < 4.78 is 5.31. The molecular weight excluding hydrogens is 218 g/mol. The number of hydrogen-bond acceptors (Lipinski definition) is 3. The van der Waals surface area contributed by atoms with Crippen LogP contribution in [0.3, 0.4) is 0 Å². The normalized spacial score (nSPS) is 24.5. The van der Waals surface area contributed by atoms with Crippen LogP contribution in [0.25, 0.3) is 0 Å². The number of carbonyl (C=O) groups excluding carboxylic acids is 1. The summed E-state index contributed by atoms with van der Waals surface area (Å²) in [5.41, 5.74) is 5.53. The third-order valence-corrected chi connectivity index (χ3v) is 3.91. The molecule has 4 N–H and O–H groups in total. The largest absolute Gasteiger partial charge is 0.381 e. The van der Waals surface area contributed by atoms with Crippen molar-refractivity contribution in [3.05, 3.63) is 0 Å². The van der Waals surface area contributed by atoms with Gasteiger partial charge in [0.15, 0.2) is 0 Å². The van der Waals surface area contributed by atoms with Gasteiger partial charge in [0.05, 0.1) is 5.54 Å². The minimum absolute atomic E-state index is 0.0655. The zero-order valence-corrected chi connectivity index (χ0v) is 10.3. The van der Waals surface area contributed by atoms with Crippen molar-refractivity contribution >= 4 is 6.03 Å². The van der Waals surface area contributed by atoms with E-state index in [1.165, 1.54) is 12.8 Å². The van der Waals surface area contributed by atoms with Crippen LogP contribution in [-0.4, -0.2) is 37.4 Å². The summed E-state index contributed by atoms with van der Waals surface area (Å²) in [5, 5.41) is 6.09. The molecule has 1 saturated heterocycles. The number of hydrogen-bond donors (Lipinski definition) is 3. The van der Waals surface area contributed by atoms with Crippen molar-refractivity contribution in [1.82, 2.24) is 10.6 Å². The molecule has 0 unspecified atom stereocenters. The van der Waals surface area contributed by atoms with Crippen molar-refractivity contribution in [3.63, 3.8) is 0 Å². The predicted molar refractivity (Wildman–Crippen MR) is 65.8 cm³/mol. The molecule has 2 fully saturated rings. The van der Waals surface area contributed by atoms with Crippen LogP contribution in [0, 0.1) is 0 Å². The Balaban J connectivity index is 1.82. The standard InChI is InChI=1S/C12H23N3O2/c13-9-12(5-7-17-8-6-12)15-11(16)14-10-3-1-2-4-10/h10H,1-9,13H2,(H2,14,15,16). The third kappa shape index (κ3) is 3.33. The Morgan fingerprint density at radius 2 is 1.94 bits per heavy atom. The molecular formula is C12H23N3O2. The first-order chi connectivity index (χ1) is 8.24. The molecule has 0 bridgehead atoms. The van der Waals surface area contributed by atoms with Crippen molar-refractivity contribution < 1.29 is 9.53 Å². The molecule has 98 valence electrons. The lowest BCUT2D eigenvalue weighted by atomic mass is 9.90. The van der Waals surface area contributed by atoms with Gasteiger partial charge >= 0.3 is 6.03 Å². The van der Waals surface area contributed by atoms with Crippen molar-refractivity contribution in [3.8, 4) is 0 Å². The van der Waals surface area contributed by atoms with E-state index in [1.807, 2.05) is 0 Å². The molecule has 17 heavy (non-hydrogen) atoms. The minimum Gasteiger partial charge on any atom is -0.381 e. The summed E-state index contributed by atoms with van der Waals surface area (Å²) in [6, 6.07) is 0.286. The fourth-order valence-electron chi connectivity index (χ4n) is 2.67. The van der Waals surface area contributed by atoms with Crippen LogP contribution in [-0.2, 0) is 4.74 Å². The molecule has 0 spiro atoms. The minimum atomic E-state index is -0.263. The van der Waals surface area contributed by atoms with Crippen LogP contribution in [0.5, 0.6) is 0 Å². The summed E-state index contributed by atoms with van der Waals surface area (Å²) in [6.07, 6.45) is 6.27. The molecule has 2 amide bonds. The number of rotatable bonds is 3. The maximum atomic E-state index is 11.9. The van der Waals surface area contributed by atoms with E-state index in [2.05, 4.69) is 10.6 Å². The van der Waals surface area contributed by atoms with E-state index in [9.17, 15) is 4.79 Å². The van der Waals surface area contributed by atoms with E-state index >= 15 is 0 Å². The monoisotopic (exact) mass is 241 g/mol. The molecule has 0 radical (unpaired) electrons. The number of amides is 2. The Labute approximate surface area is 102 Å². The number of nitrogens with two attached hydrogens (primary N) is 1. The second kappa shape index (κ2) is 5.69. The van der Waals surface area contributed by atoms with E-state index in [0.29, 0.717) is 25.8 Å². The topological polar surface area (TPSA) is 76.4 Å². The number of ether oxygens (including phenoxy) is 1. The second-order valence-electron chi connectivity index (χ2n) is 5.18. The maximum Gasteiger partial charge on any atom is 0.315 e. The van der Waals surface area contributed by atoms with Crippen LogP contribution in [0.1, 0.15) is 38.5 Å². The zero-order chi connectivity index (χ0) is 12.1. The highest BCUT2D eigenvalue weighted by Gasteiger charge is 2.33. The molecule has 1 saturated carbocycles. The smallest absolute Gasteiger partial charge is 0.315 e. The van der Waals surface area contributed by atoms with Gasteiger partial charge < -0.3 is 21.1 Å². The molecule has 5 heteroatoms.